The normalized spacial score (nSPS) is 12.7. The summed E-state index contributed by atoms with van der Waals surface area (Å²) in [6.07, 6.45) is 0. The van der Waals surface area contributed by atoms with Gasteiger partial charge in [0.1, 0.15) is 0 Å². The Hall–Kier alpha value is -18.8. The first-order valence-electron chi connectivity index (χ1n) is 48.7. The molecule has 0 unspecified atom stereocenters. The number of fused-ring (bicyclic) bond motifs is 40. The molecule has 34 rings (SSSR count). The van der Waals surface area contributed by atoms with Crippen molar-refractivity contribution in [3.05, 3.63) is 449 Å². The summed E-state index contributed by atoms with van der Waals surface area (Å²) in [4.78, 5) is 0. The van der Waals surface area contributed by atoms with Crippen LogP contribution in [0.2, 0.25) is 0 Å². The fraction of sp³-hybridized carbons (Fsp3) is 0. The van der Waals surface area contributed by atoms with E-state index >= 15 is 0 Å². The van der Waals surface area contributed by atoms with Gasteiger partial charge in [-0.15, -0.1) is 0 Å². The van der Waals surface area contributed by atoms with Crippen molar-refractivity contribution in [2.24, 2.45) is 0 Å². The zero-order valence-corrected chi connectivity index (χ0v) is 75.3. The Morgan fingerprint density at radius 3 is 0.714 bits per heavy atom. The van der Waals surface area contributed by atoms with Gasteiger partial charge in [0.25, 0.3) is 0 Å². The van der Waals surface area contributed by atoms with Crippen molar-refractivity contribution in [3.8, 4) is 78.4 Å². The first kappa shape index (κ1) is 73.7. The van der Waals surface area contributed by atoms with E-state index in [0.717, 1.165) is 50.4 Å². The fourth-order valence-electron chi connectivity index (χ4n) is 26.9. The van der Waals surface area contributed by atoms with Crippen molar-refractivity contribution in [1.29, 1.82) is 0 Å². The molecule has 0 aliphatic rings. The quantitative estimate of drug-likeness (QED) is 0.138. The second-order valence-electron chi connectivity index (χ2n) is 38.6. The van der Waals surface area contributed by atoms with Crippen molar-refractivity contribution in [1.82, 2.24) is 35.9 Å². The van der Waals surface area contributed by atoms with Crippen molar-refractivity contribution < 1.29 is 0 Å². The van der Waals surface area contributed by atoms with Crippen LogP contribution in [0.25, 0.3) is 318 Å². The van der Waals surface area contributed by atoms with E-state index in [0.29, 0.717) is 0 Å². The molecule has 8 heteroatoms. The number of nitrogens with zero attached hydrogens (tertiary/aromatic N) is 8. The van der Waals surface area contributed by atoms with Gasteiger partial charge in [-0.2, -0.15) is 0 Å². The summed E-state index contributed by atoms with van der Waals surface area (Å²) in [7, 11) is 0. The molecule has 0 amide bonds. The van der Waals surface area contributed by atoms with Crippen LogP contribution >= 0.6 is 0 Å². The minimum atomic E-state index is 1.09. The van der Waals surface area contributed by atoms with Crippen molar-refractivity contribution in [2.75, 3.05) is 0 Å². The predicted molar refractivity (Wildman–Crippen MR) is 590 cm³/mol. The molecule has 0 atom stereocenters. The summed E-state index contributed by atoms with van der Waals surface area (Å²) < 4.78 is 20.9. The summed E-state index contributed by atoms with van der Waals surface area (Å²) in [6, 6.07) is 170. The molecule has 0 fully saturated rings. The Balaban J connectivity index is 0.633. The summed E-state index contributed by atoms with van der Waals surface area (Å²) in [5.41, 5.74) is 40.2. The first-order chi connectivity index (χ1) is 69.6. The lowest BCUT2D eigenvalue weighted by Gasteiger charge is -2.16. The second-order valence-corrected chi connectivity index (χ2v) is 38.6. The van der Waals surface area contributed by atoms with Gasteiger partial charge in [-0.1, -0.05) is 322 Å². The molecule has 0 aliphatic heterocycles. The number of para-hydroxylation sites is 10. The van der Waals surface area contributed by atoms with E-state index in [9.17, 15) is 0 Å². The lowest BCUT2D eigenvalue weighted by atomic mass is 9.89. The molecule has 34 aromatic rings. The zero-order chi connectivity index (χ0) is 90.4. The highest BCUT2D eigenvalue weighted by molar-refractivity contribution is 6.47. The molecule has 0 aliphatic carbocycles. The van der Waals surface area contributed by atoms with Gasteiger partial charge in [-0.3, -0.25) is 0 Å². The van der Waals surface area contributed by atoms with Crippen LogP contribution in [0.4, 0.5) is 0 Å². The number of benzene rings is 22. The topological polar surface area (TPSA) is 37.4 Å². The summed E-state index contributed by atoms with van der Waals surface area (Å²) in [5, 5.41) is 29.6. The number of hydrogen-bond donors (Lipinski definition) is 0. The minimum absolute atomic E-state index is 1.09. The zero-order valence-electron chi connectivity index (χ0n) is 75.3. The molecule has 0 bridgehead atoms. The lowest BCUT2D eigenvalue weighted by molar-refractivity contribution is 1.18. The van der Waals surface area contributed by atoms with Crippen LogP contribution in [0.15, 0.2) is 449 Å². The third kappa shape index (κ3) is 9.05. The molecule has 0 spiro atoms. The molecule has 12 aromatic heterocycles. The highest BCUT2D eigenvalue weighted by Crippen LogP contribution is 2.61. The molecular formula is C132H74N8. The number of hydrogen-bond acceptors (Lipinski definition) is 0. The van der Waals surface area contributed by atoms with Crippen LogP contribution in [0.5, 0.6) is 0 Å². The maximum absolute atomic E-state index is 2.70. The second kappa shape index (κ2) is 26.7. The van der Waals surface area contributed by atoms with Crippen LogP contribution in [0, 0.1) is 0 Å². The van der Waals surface area contributed by atoms with Gasteiger partial charge in [0.2, 0.25) is 0 Å². The van der Waals surface area contributed by atoms with Crippen molar-refractivity contribution in [3.63, 3.8) is 0 Å². The molecule has 12 heterocycles. The van der Waals surface area contributed by atoms with E-state index in [1.807, 2.05) is 0 Å². The van der Waals surface area contributed by atoms with Crippen molar-refractivity contribution in [2.45, 2.75) is 0 Å². The van der Waals surface area contributed by atoms with Gasteiger partial charge in [0.15, 0.2) is 0 Å². The molecule has 642 valence electrons. The summed E-state index contributed by atoms with van der Waals surface area (Å²) in [6.45, 7) is 0. The Morgan fingerprint density at radius 1 is 0.107 bits per heavy atom. The SMILES string of the molecule is c1ccc(-c2c3c4cc5c(c6cc(-c7ccc(-n8c9ccccc9c9cc%10c%11c(-c%12ccccc%12)c%12c(c(-c%13ccccc%13)c%11n%11c%13ccccc%13c(c98)c%10%11)c8cc9c%10ccccc%10n(-c%10ccccc%10)c9c9c%10ccccc%10n%12c89)cc7)ccc6n5-c5ccccc5)c5c6ccccc6n(c3c(-c3ccccc3)c3c6cc7c(c8ccccc8n7-c7ccccc7)c7c8ccccc8n(c23)c67)c45)cc1. The Morgan fingerprint density at radius 2 is 0.357 bits per heavy atom. The Bertz CT molecular complexity index is 11400. The van der Waals surface area contributed by atoms with E-state index in [1.165, 1.54) is 268 Å². The largest absolute Gasteiger partial charge is 0.309 e. The highest BCUT2D eigenvalue weighted by atomic mass is 15.0. The standard InChI is InChI=1S/C132H74N8/c1-8-36-76(37-9-1)109-117-95-71-92-85-50-22-29-57-99(85)135(83-48-20-7-21-49-83)123(92)121-90-55-27-34-62-104(90)139(127(95)121)129(117)110(77-38-10-2-11-39-77)118-96-72-93-86-51-23-30-58-100(86)136(124(93)122-91-56-28-35-63-105(91)140(128(96)122)130(109)118)84-67-64-75(65-68-84)80-66-69-106-94(70-80)114-108(134(106)82-46-18-6-19-47-82)74-98-120-112(79-42-14-4-15-43-79)131-119(111(78-40-12-3-13-41-78)132(120)138-103-61-33-26-54-89(103)116(114)126(98)138)97-73-107-113(115-88-53-25-32-60-102(88)137(131)125(97)115)87-52-24-31-59-101(87)133(107)81-44-16-5-17-45-81/h1-74H. The van der Waals surface area contributed by atoms with E-state index in [1.54, 1.807) is 0 Å². The van der Waals surface area contributed by atoms with Gasteiger partial charge < -0.3 is 35.9 Å². The van der Waals surface area contributed by atoms with Gasteiger partial charge in [-0.05, 0) is 161 Å². The molecule has 0 saturated heterocycles. The summed E-state index contributed by atoms with van der Waals surface area (Å²) in [5.74, 6) is 0. The molecule has 0 saturated carbocycles. The third-order valence-corrected chi connectivity index (χ3v) is 32.0. The van der Waals surface area contributed by atoms with E-state index in [-0.39, 0.29) is 0 Å². The molecule has 0 radical (unpaired) electrons. The fourth-order valence-corrected chi connectivity index (χ4v) is 26.9. The van der Waals surface area contributed by atoms with Crippen LogP contribution in [0.1, 0.15) is 0 Å². The minimum Gasteiger partial charge on any atom is -0.309 e. The average Bonchev–Trinajstić information content (AvgIpc) is 1.48. The monoisotopic (exact) mass is 1770 g/mol. The van der Waals surface area contributed by atoms with Gasteiger partial charge in [0, 0.05) is 174 Å². The molecule has 0 N–H and O–H groups in total. The van der Waals surface area contributed by atoms with Gasteiger partial charge in [0.05, 0.1) is 110 Å². The maximum Gasteiger partial charge on any atom is 0.0642 e. The van der Waals surface area contributed by atoms with Gasteiger partial charge in [-0.25, -0.2) is 0 Å². The lowest BCUT2D eigenvalue weighted by Crippen LogP contribution is -1.95. The molecule has 140 heavy (non-hydrogen) atoms. The van der Waals surface area contributed by atoms with E-state index in [4.69, 9.17) is 0 Å². The number of rotatable bonds is 9. The van der Waals surface area contributed by atoms with E-state index in [2.05, 4.69) is 485 Å². The first-order valence-corrected chi connectivity index (χ1v) is 48.7. The molecule has 8 nitrogen and oxygen atoms in total. The van der Waals surface area contributed by atoms with Crippen LogP contribution in [-0.4, -0.2) is 35.9 Å². The van der Waals surface area contributed by atoms with Crippen molar-refractivity contribution >= 4 is 240 Å². The van der Waals surface area contributed by atoms with Gasteiger partial charge >= 0.3 is 0 Å². The average molecular weight is 1770 g/mol. The third-order valence-electron chi connectivity index (χ3n) is 32.0. The van der Waals surface area contributed by atoms with E-state index < -0.39 is 0 Å². The highest BCUT2D eigenvalue weighted by Gasteiger charge is 2.38. The predicted octanol–water partition coefficient (Wildman–Crippen LogP) is 35.0. The Kier molecular flexibility index (Phi) is 14.0. The summed E-state index contributed by atoms with van der Waals surface area (Å²) >= 11 is 0. The van der Waals surface area contributed by atoms with Crippen LogP contribution < -0.4 is 0 Å². The smallest absolute Gasteiger partial charge is 0.0642 e. The molecule has 22 aromatic carbocycles. The number of aromatic nitrogens is 8. The van der Waals surface area contributed by atoms with Crippen LogP contribution in [-0.2, 0) is 0 Å². The maximum atomic E-state index is 2.70. The van der Waals surface area contributed by atoms with Crippen LogP contribution in [0.3, 0.4) is 0 Å². The molecular weight excluding hydrogens is 1700 g/mol. The Labute approximate surface area is 797 Å².